The molecule has 4 heterocycles. The molecule has 1 aromatic heterocycles. The molecule has 0 spiro atoms. The molecule has 83 heavy (non-hydrogen) atoms. The molecule has 26 nitrogen and oxygen atoms in total. The fourth-order valence-electron chi connectivity index (χ4n) is 10.1. The zero-order valence-electron chi connectivity index (χ0n) is 47.9. The van der Waals surface area contributed by atoms with Crippen LogP contribution in [0, 0.1) is 11.3 Å². The third-order valence-electron chi connectivity index (χ3n) is 15.3. The van der Waals surface area contributed by atoms with Crippen LogP contribution in [-0.4, -0.2) is 279 Å². The van der Waals surface area contributed by atoms with Crippen LogP contribution in [0.3, 0.4) is 0 Å². The number of aliphatic carboxylic acids is 3. The van der Waals surface area contributed by atoms with Gasteiger partial charge in [0.15, 0.2) is 11.6 Å². The highest BCUT2D eigenvalue weighted by Gasteiger charge is 2.47. The molecule has 7 N–H and O–H groups in total. The van der Waals surface area contributed by atoms with Crippen LogP contribution in [0.25, 0.3) is 10.9 Å². The lowest BCUT2D eigenvalue weighted by molar-refractivity contribution is -0.143. The van der Waals surface area contributed by atoms with Gasteiger partial charge in [-0.3, -0.25) is 78.0 Å². The number of carboxylic acid groups (broad SMARTS) is 3. The third kappa shape index (κ3) is 20.8. The zero-order chi connectivity index (χ0) is 61.2. The smallest absolute Gasteiger partial charge is 0.317 e. The van der Waals surface area contributed by atoms with Gasteiger partial charge in [0.25, 0.3) is 11.8 Å². The minimum Gasteiger partial charge on any atom is -0.494 e. The first-order valence-electron chi connectivity index (χ1n) is 27.8. The average Bonchev–Trinajstić information content (AvgIpc) is 4.20. The van der Waals surface area contributed by atoms with E-state index in [1.807, 2.05) is 4.90 Å². The molecule has 0 radical (unpaired) electrons. The number of ketones is 2. The number of nitriles is 1. The third-order valence-corrected chi connectivity index (χ3v) is 15.3. The highest BCUT2D eigenvalue weighted by Crippen LogP contribution is 2.32. The van der Waals surface area contributed by atoms with E-state index < -0.39 is 95.9 Å². The predicted molar refractivity (Wildman–Crippen MR) is 295 cm³/mol. The van der Waals surface area contributed by atoms with Gasteiger partial charge in [0.2, 0.25) is 17.7 Å². The van der Waals surface area contributed by atoms with Crippen molar-refractivity contribution in [1.82, 2.24) is 55.2 Å². The molecule has 0 saturated carbocycles. The van der Waals surface area contributed by atoms with Crippen molar-refractivity contribution in [2.75, 3.05) is 131 Å². The van der Waals surface area contributed by atoms with Crippen molar-refractivity contribution in [3.05, 3.63) is 36.0 Å². The summed E-state index contributed by atoms with van der Waals surface area (Å²) >= 11 is 0. The number of amides is 4. The topological polar surface area (TPSA) is 339 Å². The number of rotatable bonds is 28. The van der Waals surface area contributed by atoms with Gasteiger partial charge in [-0.15, -0.1) is 0 Å². The number of ether oxygens (including phenoxy) is 1. The summed E-state index contributed by atoms with van der Waals surface area (Å²) < 4.78 is 33.7. The normalized spacial score (nSPS) is 19.9. The number of fused-ring (bicyclic) bond motifs is 1. The fraction of sp³-hybridized carbons (Fsp3) is 0.655. The van der Waals surface area contributed by atoms with Gasteiger partial charge in [0.05, 0.1) is 81.2 Å². The summed E-state index contributed by atoms with van der Waals surface area (Å²) in [4.78, 5) is 131. The number of nitrogens with zero attached hydrogens (tertiary/aromatic N) is 9. The first-order valence-corrected chi connectivity index (χ1v) is 27.8. The largest absolute Gasteiger partial charge is 0.494 e. The summed E-state index contributed by atoms with van der Waals surface area (Å²) in [6.07, 6.45) is 1.92. The molecule has 4 amide bonds. The number of likely N-dealkylation sites (N-methyl/N-ethyl adjacent to an activating group) is 1. The van der Waals surface area contributed by atoms with E-state index in [0.717, 1.165) is 4.90 Å². The maximum Gasteiger partial charge on any atom is 0.317 e. The number of carbonyl (C=O) groups excluding carboxylic acids is 6. The number of Topliss-reactive ketones (excluding diaryl/α,β-unsaturated/α-hetero) is 2. The number of carboxylic acids is 3. The molecule has 3 aliphatic heterocycles. The average molecular weight is 1170 g/mol. The van der Waals surface area contributed by atoms with Gasteiger partial charge >= 0.3 is 17.9 Å². The summed E-state index contributed by atoms with van der Waals surface area (Å²) in [5.41, 5.74) is -2.67. The molecule has 0 aliphatic carbocycles. The number of hydrogen-bond donors (Lipinski definition) is 7. The van der Waals surface area contributed by atoms with Gasteiger partial charge in [0.1, 0.15) is 17.4 Å². The van der Waals surface area contributed by atoms with Crippen molar-refractivity contribution in [2.45, 2.75) is 101 Å². The number of pyridine rings is 1. The highest BCUT2D eigenvalue weighted by molar-refractivity contribution is 6.07. The van der Waals surface area contributed by atoms with Gasteiger partial charge in [0, 0.05) is 102 Å². The van der Waals surface area contributed by atoms with Crippen molar-refractivity contribution in [2.24, 2.45) is 0 Å². The van der Waals surface area contributed by atoms with Crippen LogP contribution in [0.2, 0.25) is 0 Å². The Bertz CT molecular complexity index is 2660. The summed E-state index contributed by atoms with van der Waals surface area (Å²) in [6, 6.07) is 5.32. The molecular weight excluding hydrogens is 1090 g/mol. The quantitative estimate of drug-likeness (QED) is 0.0525. The Kier molecular flexibility index (Phi) is 24.7. The number of aromatic nitrogens is 1. The van der Waals surface area contributed by atoms with E-state index in [9.17, 15) is 77.6 Å². The van der Waals surface area contributed by atoms with Crippen molar-refractivity contribution in [3.63, 3.8) is 0 Å². The monoisotopic (exact) mass is 1170 g/mol. The number of carbonyl (C=O) groups is 9. The van der Waals surface area contributed by atoms with E-state index in [0.29, 0.717) is 49.0 Å². The van der Waals surface area contributed by atoms with E-state index in [2.05, 4.69) is 20.9 Å². The Hall–Kier alpha value is -6.87. The molecular formula is C55H80F2N12O14. The Balaban J connectivity index is 1.09. The number of nitrogens with one attached hydrogen (secondary N) is 3. The van der Waals surface area contributed by atoms with Crippen LogP contribution in [0.4, 0.5) is 8.78 Å². The first kappa shape index (κ1) is 66.9. The van der Waals surface area contributed by atoms with E-state index in [4.69, 9.17) is 4.74 Å². The number of hydrogen-bond acceptors (Lipinski definition) is 19. The maximum atomic E-state index is 14.3. The zero-order valence-corrected chi connectivity index (χ0v) is 47.9. The summed E-state index contributed by atoms with van der Waals surface area (Å²) in [5.74, 6) is -9.22. The minimum absolute atomic E-state index is 0.0200. The SMILES string of the molecule is CCC(C)(O)C(=O)C(CC(=O)N1CCC(N(C)CC(=O)NCCCCOc2ccc3nccc(C(=O)NCC(=O)N4CC(F)(F)CC4C#N)c3c2)C1)NC(C)(C)C(=O)CN1CCN(CC(=O)O)CCN(CC(=O)O)CCN(CC(=O)O)CC1. The van der Waals surface area contributed by atoms with E-state index >= 15 is 0 Å². The number of unbranched alkanes of at least 4 members (excludes halogenated alkanes) is 1. The van der Waals surface area contributed by atoms with Gasteiger partial charge in [-0.2, -0.15) is 5.26 Å². The maximum absolute atomic E-state index is 14.3. The van der Waals surface area contributed by atoms with Gasteiger partial charge < -0.3 is 45.6 Å². The highest BCUT2D eigenvalue weighted by atomic mass is 19.3. The number of likely N-dealkylation sites (tertiary alicyclic amines) is 2. The Morgan fingerprint density at radius 1 is 0.831 bits per heavy atom. The van der Waals surface area contributed by atoms with Crippen LogP contribution in [0.15, 0.2) is 30.5 Å². The fourth-order valence-corrected chi connectivity index (χ4v) is 10.1. The number of alkyl halides is 2. The minimum atomic E-state index is -3.19. The molecule has 458 valence electrons. The predicted octanol–water partition coefficient (Wildman–Crippen LogP) is -0.566. The lowest BCUT2D eigenvalue weighted by Gasteiger charge is -2.36. The van der Waals surface area contributed by atoms with Crippen molar-refractivity contribution in [3.8, 4) is 11.8 Å². The lowest BCUT2D eigenvalue weighted by Crippen LogP contribution is -2.60. The van der Waals surface area contributed by atoms with Crippen LogP contribution in [0.5, 0.6) is 5.75 Å². The molecule has 3 fully saturated rings. The number of halogens is 2. The molecule has 1 aromatic carbocycles. The van der Waals surface area contributed by atoms with Crippen molar-refractivity contribution in [1.29, 1.82) is 5.26 Å². The lowest BCUT2D eigenvalue weighted by atomic mass is 9.88. The Morgan fingerprint density at radius 2 is 1.41 bits per heavy atom. The van der Waals surface area contributed by atoms with Crippen LogP contribution >= 0.6 is 0 Å². The summed E-state index contributed by atoms with van der Waals surface area (Å²) in [5, 5.41) is 58.0. The van der Waals surface area contributed by atoms with Gasteiger partial charge in [-0.25, -0.2) is 8.78 Å². The molecule has 5 rings (SSSR count). The molecule has 4 unspecified atom stereocenters. The van der Waals surface area contributed by atoms with Gasteiger partial charge in [-0.05, 0) is 77.8 Å². The van der Waals surface area contributed by atoms with Gasteiger partial charge in [-0.1, -0.05) is 6.92 Å². The second-order valence-corrected chi connectivity index (χ2v) is 22.3. The van der Waals surface area contributed by atoms with E-state index in [1.54, 1.807) is 76.6 Å². The van der Waals surface area contributed by atoms with E-state index in [-0.39, 0.29) is 129 Å². The number of benzene rings is 1. The second-order valence-electron chi connectivity index (χ2n) is 22.3. The Morgan fingerprint density at radius 3 is 1.96 bits per heavy atom. The molecule has 2 aromatic rings. The van der Waals surface area contributed by atoms with Crippen molar-refractivity contribution < 1.29 is 77.1 Å². The molecule has 3 saturated heterocycles. The molecule has 3 aliphatic rings. The summed E-state index contributed by atoms with van der Waals surface area (Å²) in [7, 11) is 1.77. The first-order chi connectivity index (χ1) is 39.1. The standard InChI is InChI=1S/C55H80F2N12O14/c1-6-54(4,82)51(80)43(62-53(2,3)44(70)31-64-16-18-65(33-48(74)75)20-22-67(35-50(78)79)23-21-66(19-17-64)34-49(76)77)26-46(72)68-15-12-37(30-68)63(5)32-45(71)60-13-7-8-24-83-39-9-10-42-41(25-39)40(11-14-59-42)52(81)61-29-47(73)69-36-55(56,57)27-38(69)28-58/h9-11,14,25,37-38,43,62,82H,6-8,12-13,15-24,26-27,29-36H2,1-5H3,(H,60,71)(H,61,81)(H,74,75)(H,76,77)(H,78,79). The van der Waals surface area contributed by atoms with E-state index in [1.165, 1.54) is 19.2 Å². The van der Waals surface area contributed by atoms with Crippen LogP contribution in [-0.2, 0) is 38.4 Å². The molecule has 28 heteroatoms. The van der Waals surface area contributed by atoms with Crippen molar-refractivity contribution >= 4 is 64.0 Å². The second kappa shape index (κ2) is 30.6. The number of aliphatic hydroxyl groups is 1. The van der Waals surface area contributed by atoms with Crippen LogP contribution < -0.4 is 20.7 Å². The molecule has 4 atom stereocenters. The molecule has 0 bridgehead atoms. The van der Waals surface area contributed by atoms with Crippen LogP contribution in [0.1, 0.15) is 76.6 Å². The Labute approximate surface area is 481 Å². The summed E-state index contributed by atoms with van der Waals surface area (Å²) in [6.45, 7) is 6.10.